The normalized spacial score (nSPS) is 13.0. The molecule has 0 N–H and O–H groups in total. The maximum Gasteiger partial charge on any atom is 0.128 e. The number of rotatable bonds is 7. The van der Waals surface area contributed by atoms with Crippen molar-refractivity contribution in [2.75, 3.05) is 19.6 Å². The lowest BCUT2D eigenvalue weighted by Crippen LogP contribution is -2.29. The highest BCUT2D eigenvalue weighted by molar-refractivity contribution is 6.21. The lowest BCUT2D eigenvalue weighted by atomic mass is 10.1. The molecule has 1 aromatic rings. The van der Waals surface area contributed by atoms with Gasteiger partial charge in [-0.25, -0.2) is 8.78 Å². The van der Waals surface area contributed by atoms with Crippen LogP contribution in [-0.4, -0.2) is 24.5 Å². The second-order valence-corrected chi connectivity index (χ2v) is 4.96. The molecule has 0 amide bonds. The SMILES string of the molecule is CCCN(CCC)CC(Cl)c1cc(F)ccc1F. The Morgan fingerprint density at radius 3 is 2.33 bits per heavy atom. The summed E-state index contributed by atoms with van der Waals surface area (Å²) in [5.41, 5.74) is 0.244. The Morgan fingerprint density at radius 2 is 1.78 bits per heavy atom. The smallest absolute Gasteiger partial charge is 0.128 e. The van der Waals surface area contributed by atoms with Crippen molar-refractivity contribution in [3.8, 4) is 0 Å². The highest BCUT2D eigenvalue weighted by Gasteiger charge is 2.17. The van der Waals surface area contributed by atoms with Gasteiger partial charge in [0.2, 0.25) is 0 Å². The van der Waals surface area contributed by atoms with Gasteiger partial charge in [0.05, 0.1) is 5.38 Å². The molecule has 1 unspecified atom stereocenters. The number of halogens is 3. The number of alkyl halides is 1. The second-order valence-electron chi connectivity index (χ2n) is 4.43. The van der Waals surface area contributed by atoms with Gasteiger partial charge in [-0.3, -0.25) is 0 Å². The Kier molecular flexibility index (Phi) is 6.58. The molecule has 18 heavy (non-hydrogen) atoms. The van der Waals surface area contributed by atoms with Crippen LogP contribution in [0.4, 0.5) is 8.78 Å². The summed E-state index contributed by atoms with van der Waals surface area (Å²) in [6.07, 6.45) is 2.05. The summed E-state index contributed by atoms with van der Waals surface area (Å²) < 4.78 is 26.7. The topological polar surface area (TPSA) is 3.24 Å². The van der Waals surface area contributed by atoms with E-state index in [-0.39, 0.29) is 5.56 Å². The van der Waals surface area contributed by atoms with E-state index in [1.807, 2.05) is 0 Å². The molecule has 1 nitrogen and oxygen atoms in total. The minimum Gasteiger partial charge on any atom is -0.302 e. The minimum atomic E-state index is -0.515. The molecular formula is C14H20ClF2N. The first-order valence-corrected chi connectivity index (χ1v) is 6.83. The highest BCUT2D eigenvalue weighted by atomic mass is 35.5. The first kappa shape index (κ1) is 15.4. The van der Waals surface area contributed by atoms with E-state index < -0.39 is 17.0 Å². The Bertz CT molecular complexity index is 365. The number of hydrogen-bond acceptors (Lipinski definition) is 1. The van der Waals surface area contributed by atoms with E-state index in [0.29, 0.717) is 6.54 Å². The van der Waals surface area contributed by atoms with Gasteiger partial charge in [-0.2, -0.15) is 0 Å². The maximum atomic E-state index is 13.6. The van der Waals surface area contributed by atoms with Crippen molar-refractivity contribution in [3.05, 3.63) is 35.4 Å². The zero-order chi connectivity index (χ0) is 13.5. The van der Waals surface area contributed by atoms with Crippen LogP contribution in [0, 0.1) is 11.6 Å². The molecule has 102 valence electrons. The number of nitrogens with zero attached hydrogens (tertiary/aromatic N) is 1. The van der Waals surface area contributed by atoms with Crippen LogP contribution < -0.4 is 0 Å². The fourth-order valence-corrected chi connectivity index (χ4v) is 2.37. The molecule has 0 aliphatic heterocycles. The molecule has 0 fully saturated rings. The standard InChI is InChI=1S/C14H20ClF2N/c1-3-7-18(8-4-2)10-13(15)12-9-11(16)5-6-14(12)17/h5-6,9,13H,3-4,7-8,10H2,1-2H3. The zero-order valence-corrected chi connectivity index (χ0v) is 11.7. The second kappa shape index (κ2) is 7.70. The van der Waals surface area contributed by atoms with E-state index in [1.54, 1.807) is 0 Å². The molecular weight excluding hydrogens is 256 g/mol. The molecule has 1 rings (SSSR count). The Morgan fingerprint density at radius 1 is 1.17 bits per heavy atom. The molecule has 0 saturated carbocycles. The van der Waals surface area contributed by atoms with Gasteiger partial charge < -0.3 is 4.90 Å². The number of benzene rings is 1. The van der Waals surface area contributed by atoms with Gasteiger partial charge in [-0.15, -0.1) is 11.6 Å². The lowest BCUT2D eigenvalue weighted by molar-refractivity contribution is 0.273. The van der Waals surface area contributed by atoms with Crippen LogP contribution in [-0.2, 0) is 0 Å². The van der Waals surface area contributed by atoms with E-state index in [1.165, 1.54) is 6.07 Å². The van der Waals surface area contributed by atoms with Gasteiger partial charge in [-0.05, 0) is 44.1 Å². The van der Waals surface area contributed by atoms with E-state index in [4.69, 9.17) is 11.6 Å². The first-order valence-electron chi connectivity index (χ1n) is 6.39. The van der Waals surface area contributed by atoms with Gasteiger partial charge in [0.1, 0.15) is 11.6 Å². The van der Waals surface area contributed by atoms with Crippen LogP contribution in [0.3, 0.4) is 0 Å². The predicted octanol–water partition coefficient (Wildman–Crippen LogP) is 4.37. The summed E-state index contributed by atoms with van der Waals surface area (Å²) in [4.78, 5) is 2.18. The van der Waals surface area contributed by atoms with Crippen LogP contribution in [0.2, 0.25) is 0 Å². The van der Waals surface area contributed by atoms with Crippen LogP contribution in [0.25, 0.3) is 0 Å². The molecule has 0 heterocycles. The molecule has 1 aromatic carbocycles. The third-order valence-electron chi connectivity index (χ3n) is 2.79. The van der Waals surface area contributed by atoms with Crippen LogP contribution in [0.1, 0.15) is 37.6 Å². The van der Waals surface area contributed by atoms with Gasteiger partial charge in [0.15, 0.2) is 0 Å². The van der Waals surface area contributed by atoms with Crippen LogP contribution in [0.15, 0.2) is 18.2 Å². The van der Waals surface area contributed by atoms with Crippen molar-refractivity contribution in [3.63, 3.8) is 0 Å². The molecule has 0 aromatic heterocycles. The molecule has 4 heteroatoms. The summed E-state index contributed by atoms with van der Waals surface area (Å²) in [5, 5.41) is -0.515. The van der Waals surface area contributed by atoms with Gasteiger partial charge >= 0.3 is 0 Å². The van der Waals surface area contributed by atoms with E-state index >= 15 is 0 Å². The van der Waals surface area contributed by atoms with Crippen molar-refractivity contribution < 1.29 is 8.78 Å². The maximum absolute atomic E-state index is 13.6. The monoisotopic (exact) mass is 275 g/mol. The van der Waals surface area contributed by atoms with Crippen molar-refractivity contribution in [2.45, 2.75) is 32.1 Å². The molecule has 1 atom stereocenters. The van der Waals surface area contributed by atoms with Crippen LogP contribution >= 0.6 is 11.6 Å². The fourth-order valence-electron chi connectivity index (χ4n) is 2.01. The third-order valence-corrected chi connectivity index (χ3v) is 3.17. The largest absolute Gasteiger partial charge is 0.302 e. The molecule has 0 spiro atoms. The average Bonchev–Trinajstić information content (AvgIpc) is 2.33. The van der Waals surface area contributed by atoms with Crippen molar-refractivity contribution >= 4 is 11.6 Å². The predicted molar refractivity (Wildman–Crippen MR) is 72.0 cm³/mol. The van der Waals surface area contributed by atoms with Gasteiger partial charge in [0.25, 0.3) is 0 Å². The van der Waals surface area contributed by atoms with Gasteiger partial charge in [0, 0.05) is 12.1 Å². The summed E-state index contributed by atoms with van der Waals surface area (Å²) in [6.45, 7) is 6.58. The number of hydrogen-bond donors (Lipinski definition) is 0. The van der Waals surface area contributed by atoms with Crippen molar-refractivity contribution in [1.29, 1.82) is 0 Å². The quantitative estimate of drug-likeness (QED) is 0.668. The van der Waals surface area contributed by atoms with E-state index in [9.17, 15) is 8.78 Å². The van der Waals surface area contributed by atoms with Crippen LogP contribution in [0.5, 0.6) is 0 Å². The summed E-state index contributed by atoms with van der Waals surface area (Å²) in [5.74, 6) is -0.890. The summed E-state index contributed by atoms with van der Waals surface area (Å²) >= 11 is 6.20. The molecule has 0 saturated heterocycles. The van der Waals surface area contributed by atoms with Gasteiger partial charge in [-0.1, -0.05) is 13.8 Å². The Labute approximate surface area is 113 Å². The first-order chi connectivity index (χ1) is 8.58. The molecule has 0 aliphatic rings. The highest BCUT2D eigenvalue weighted by Crippen LogP contribution is 2.25. The summed E-state index contributed by atoms with van der Waals surface area (Å²) in [6, 6.07) is 3.42. The Hall–Kier alpha value is -0.670. The molecule has 0 radical (unpaired) electrons. The third kappa shape index (κ3) is 4.54. The molecule has 0 aliphatic carbocycles. The van der Waals surface area contributed by atoms with E-state index in [2.05, 4.69) is 18.7 Å². The van der Waals surface area contributed by atoms with Crippen molar-refractivity contribution in [1.82, 2.24) is 4.90 Å². The minimum absolute atomic E-state index is 0.244. The fraction of sp³-hybridized carbons (Fsp3) is 0.571. The van der Waals surface area contributed by atoms with E-state index in [0.717, 1.165) is 38.1 Å². The van der Waals surface area contributed by atoms with Crippen molar-refractivity contribution in [2.24, 2.45) is 0 Å². The Balaban J connectivity index is 2.73. The zero-order valence-electron chi connectivity index (χ0n) is 10.9. The molecule has 0 bridgehead atoms. The average molecular weight is 276 g/mol. The summed E-state index contributed by atoms with van der Waals surface area (Å²) in [7, 11) is 0. The lowest BCUT2D eigenvalue weighted by Gasteiger charge is -2.24.